The van der Waals surface area contributed by atoms with Gasteiger partial charge in [0.05, 0.1) is 53.3 Å². The van der Waals surface area contributed by atoms with E-state index in [0.717, 1.165) is 4.90 Å². The number of unbranched alkanes of at least 4 members (excludes halogenated alkanes) is 2. The molecule has 2 aromatic carbocycles. The Bertz CT molecular complexity index is 2770. The van der Waals surface area contributed by atoms with Gasteiger partial charge in [0.15, 0.2) is 0 Å². The first kappa shape index (κ1) is 74.7. The summed E-state index contributed by atoms with van der Waals surface area (Å²) in [6.07, 6.45) is 1.60. The summed E-state index contributed by atoms with van der Waals surface area (Å²) in [6.45, 7) is 20.1. The second-order valence-electron chi connectivity index (χ2n) is 24.6. The van der Waals surface area contributed by atoms with Crippen LogP contribution in [0, 0.1) is 29.6 Å². The Kier molecular flexibility index (Phi) is 29.9. The van der Waals surface area contributed by atoms with Gasteiger partial charge in [0, 0.05) is 59.6 Å². The second kappa shape index (κ2) is 35.6. The summed E-state index contributed by atoms with van der Waals surface area (Å²) in [5, 5.41) is 25.0. The molecule has 2 heterocycles. The number of halogens is 1. The van der Waals surface area contributed by atoms with E-state index in [2.05, 4.69) is 42.5 Å². The van der Waals surface area contributed by atoms with Crippen molar-refractivity contribution in [1.82, 2.24) is 40.9 Å². The molecule has 4 rings (SSSR count). The second-order valence-corrected chi connectivity index (χ2v) is 25.5. The summed E-state index contributed by atoms with van der Waals surface area (Å²) >= 11 is 3.07. The number of nitrogens with zero attached hydrogens (tertiary/aromatic N) is 4. The fourth-order valence-electron chi connectivity index (χ4n) is 11.4. The Morgan fingerprint density at radius 2 is 1.37 bits per heavy atom. The number of likely N-dealkylation sites (tertiary alicyclic amines) is 1. The standard InChI is InChI=1S/C65H98BrN9O14/c1-16-40(8)56(49(87-14)35-52(78)74-33-23-26-48(74)58(88-15)41(9)59(80)67-42(10)57(79)45-24-19-17-20-25-45)72(12)64(85)54(38(4)5)71-62(83)55(39(6)7)73(13)65(86)89-36-44-28-30-46(31-29-44)69-60(81)43(11)68-61(82)53(37(2)3)70-50(76)27-21-18-22-32-75-51(77)34-47(66)63(75)84/h17,19-20,24-25,28-31,34,37-43,48-49,53-58,79H,16,18,21-23,26-27,32-33,35-36H2,1-15H3,(H,67,80)(H,68,82)(H,69,81)(H,70,76)(H,71,83)/t40-,41-,42+,43-,48+,49-,53-,54+,55+,56+,57+,58-/m1/s1. The Morgan fingerprint density at radius 3 is 1.93 bits per heavy atom. The van der Waals surface area contributed by atoms with Gasteiger partial charge in [-0.1, -0.05) is 118 Å². The minimum absolute atomic E-state index is 0.0805. The minimum atomic E-state index is -1.06. The molecule has 23 nitrogen and oxygen atoms in total. The molecule has 0 aliphatic carbocycles. The third-order valence-corrected chi connectivity index (χ3v) is 17.5. The van der Waals surface area contributed by atoms with Crippen molar-refractivity contribution < 1.29 is 67.3 Å². The number of amides is 10. The van der Waals surface area contributed by atoms with Gasteiger partial charge in [-0.3, -0.25) is 53.0 Å². The maximum absolute atomic E-state index is 14.8. The number of aliphatic hydroxyl groups excluding tert-OH is 1. The number of imide groups is 1. The molecule has 2 aliphatic rings. The first-order valence-corrected chi connectivity index (χ1v) is 31.9. The van der Waals surface area contributed by atoms with Crippen LogP contribution in [0.15, 0.2) is 65.2 Å². The van der Waals surface area contributed by atoms with Crippen LogP contribution in [0.5, 0.6) is 0 Å². The number of methoxy groups -OCH3 is 2. The van der Waals surface area contributed by atoms with Crippen LogP contribution in [0.3, 0.4) is 0 Å². The van der Waals surface area contributed by atoms with Gasteiger partial charge in [-0.25, -0.2) is 4.79 Å². The van der Waals surface area contributed by atoms with Gasteiger partial charge in [-0.2, -0.15) is 0 Å². The highest BCUT2D eigenvalue weighted by Gasteiger charge is 2.44. The third kappa shape index (κ3) is 20.9. The summed E-state index contributed by atoms with van der Waals surface area (Å²) in [5.74, 6) is -5.68. The van der Waals surface area contributed by atoms with Crippen LogP contribution in [0.1, 0.15) is 145 Å². The Morgan fingerprint density at radius 1 is 0.730 bits per heavy atom. The minimum Gasteiger partial charge on any atom is -0.445 e. The fourth-order valence-corrected chi connectivity index (χ4v) is 11.9. The summed E-state index contributed by atoms with van der Waals surface area (Å²) in [6, 6.07) is 9.92. The van der Waals surface area contributed by atoms with E-state index in [4.69, 9.17) is 14.2 Å². The molecule has 0 aromatic heterocycles. The van der Waals surface area contributed by atoms with Gasteiger partial charge in [-0.15, -0.1) is 0 Å². The summed E-state index contributed by atoms with van der Waals surface area (Å²) in [4.78, 5) is 140. The number of rotatable bonds is 34. The Labute approximate surface area is 534 Å². The van der Waals surface area contributed by atoms with Gasteiger partial charge in [0.1, 0.15) is 30.8 Å². The average Bonchev–Trinajstić information content (AvgIpc) is 3.94. The van der Waals surface area contributed by atoms with Crippen molar-refractivity contribution in [2.75, 3.05) is 46.7 Å². The van der Waals surface area contributed by atoms with Gasteiger partial charge in [0.25, 0.3) is 11.8 Å². The molecule has 0 bridgehead atoms. The van der Waals surface area contributed by atoms with Crippen LogP contribution in [-0.4, -0.2) is 180 Å². The zero-order chi connectivity index (χ0) is 66.6. The van der Waals surface area contributed by atoms with Crippen LogP contribution >= 0.6 is 15.9 Å². The van der Waals surface area contributed by atoms with E-state index in [-0.39, 0.29) is 65.9 Å². The number of ether oxygens (including phenoxy) is 3. The molecule has 0 spiro atoms. The molecule has 2 aromatic rings. The number of hydrogen-bond donors (Lipinski definition) is 6. The Balaban J connectivity index is 1.32. The van der Waals surface area contributed by atoms with E-state index in [0.29, 0.717) is 61.9 Å². The number of benzene rings is 2. The van der Waals surface area contributed by atoms with Crippen molar-refractivity contribution in [3.05, 3.63) is 76.3 Å². The number of likely N-dealkylation sites (N-methyl/N-ethyl adjacent to an activating group) is 2. The van der Waals surface area contributed by atoms with Crippen molar-refractivity contribution in [2.45, 2.75) is 195 Å². The maximum atomic E-state index is 14.8. The zero-order valence-electron chi connectivity index (χ0n) is 54.6. The van der Waals surface area contributed by atoms with Crippen molar-refractivity contribution in [1.29, 1.82) is 0 Å². The van der Waals surface area contributed by atoms with E-state index in [9.17, 15) is 53.1 Å². The van der Waals surface area contributed by atoms with E-state index in [1.807, 2.05) is 45.9 Å². The molecule has 12 atom stereocenters. The highest BCUT2D eigenvalue weighted by atomic mass is 79.9. The average molecular weight is 1310 g/mol. The smallest absolute Gasteiger partial charge is 0.410 e. The highest BCUT2D eigenvalue weighted by Crippen LogP contribution is 2.31. The van der Waals surface area contributed by atoms with Crippen LogP contribution < -0.4 is 26.6 Å². The number of carbonyl (C=O) groups is 10. The summed E-state index contributed by atoms with van der Waals surface area (Å²) in [7, 11) is 6.11. The molecule has 2 aliphatic heterocycles. The molecule has 89 heavy (non-hydrogen) atoms. The topological polar surface area (TPSA) is 292 Å². The van der Waals surface area contributed by atoms with Crippen LogP contribution in [0.4, 0.5) is 10.5 Å². The molecule has 6 N–H and O–H groups in total. The van der Waals surface area contributed by atoms with Crippen molar-refractivity contribution >= 4 is 80.9 Å². The lowest BCUT2D eigenvalue weighted by atomic mass is 9.89. The number of hydrogen-bond acceptors (Lipinski definition) is 14. The summed E-state index contributed by atoms with van der Waals surface area (Å²) < 4.78 is 17.9. The number of aliphatic hydroxyl groups is 1. The van der Waals surface area contributed by atoms with E-state index in [1.165, 1.54) is 39.2 Å². The predicted molar refractivity (Wildman–Crippen MR) is 340 cm³/mol. The van der Waals surface area contributed by atoms with Gasteiger partial charge in [-0.05, 0) is 102 Å². The molecule has 1 fully saturated rings. The first-order chi connectivity index (χ1) is 42.0. The van der Waals surface area contributed by atoms with Crippen molar-refractivity contribution in [3.63, 3.8) is 0 Å². The number of nitrogens with one attached hydrogen (secondary N) is 5. The number of anilines is 1. The molecule has 1 saturated heterocycles. The van der Waals surface area contributed by atoms with Crippen LogP contribution in [0.25, 0.3) is 0 Å². The fraction of sp³-hybridized carbons (Fsp3) is 0.631. The molecule has 24 heteroatoms. The van der Waals surface area contributed by atoms with Crippen molar-refractivity contribution in [2.24, 2.45) is 29.6 Å². The Hall–Kier alpha value is -6.76. The lowest BCUT2D eigenvalue weighted by molar-refractivity contribution is -0.148. The molecule has 10 amide bonds. The molecule has 0 saturated carbocycles. The van der Waals surface area contributed by atoms with Crippen molar-refractivity contribution in [3.8, 4) is 0 Å². The largest absolute Gasteiger partial charge is 0.445 e. The van der Waals surface area contributed by atoms with E-state index < -0.39 is 114 Å². The molecule has 0 radical (unpaired) electrons. The van der Waals surface area contributed by atoms with Gasteiger partial charge >= 0.3 is 6.09 Å². The maximum Gasteiger partial charge on any atom is 0.410 e. The summed E-state index contributed by atoms with van der Waals surface area (Å²) in [5.41, 5.74) is 1.63. The highest BCUT2D eigenvalue weighted by molar-refractivity contribution is 9.12. The third-order valence-electron chi connectivity index (χ3n) is 16.9. The predicted octanol–water partition coefficient (Wildman–Crippen LogP) is 6.37. The van der Waals surface area contributed by atoms with Crippen LogP contribution in [-0.2, 0) is 64.0 Å². The molecule has 0 unspecified atom stereocenters. The van der Waals surface area contributed by atoms with E-state index in [1.54, 1.807) is 94.8 Å². The quantitative estimate of drug-likeness (QED) is 0.0328. The lowest BCUT2D eigenvalue weighted by Gasteiger charge is -2.41. The number of carbonyl (C=O) groups excluding carboxylic acids is 10. The van der Waals surface area contributed by atoms with Gasteiger partial charge < -0.3 is 55.7 Å². The zero-order valence-corrected chi connectivity index (χ0v) is 56.2. The lowest BCUT2D eigenvalue weighted by Crippen LogP contribution is -2.60. The molecular formula is C65H98BrN9O14. The van der Waals surface area contributed by atoms with Gasteiger partial charge in [0.2, 0.25) is 41.4 Å². The molecular weight excluding hydrogens is 1210 g/mol. The monoisotopic (exact) mass is 1310 g/mol. The SMILES string of the molecule is CC[C@@H](C)[C@@H]([C@@H](CC(=O)N1CCC[C@H]1[C@H](OC)[C@@H](C)C(=O)N[C@@H](C)[C@H](O)c1ccccc1)OC)N(C)C(=O)[C@@H](NC(=O)[C@H](C(C)C)N(C)C(=O)OCc1ccc(NC(=O)[C@@H](C)NC(=O)[C@H](NC(=O)CCCCCN2C(=O)C=C(Br)C2=O)C(C)C)cc1)C(C)C. The first-order valence-electron chi connectivity index (χ1n) is 31.1. The van der Waals surface area contributed by atoms with Crippen LogP contribution in [0.2, 0.25) is 0 Å². The molecule has 494 valence electrons. The normalized spacial score (nSPS) is 17.9. The van der Waals surface area contributed by atoms with E-state index >= 15 is 0 Å².